The highest BCUT2D eigenvalue weighted by molar-refractivity contribution is 5.94. The van der Waals surface area contributed by atoms with Crippen LogP contribution in [0.25, 0.3) is 0 Å². The largest absolute Gasteiger partial charge is 0.480 e. The lowest BCUT2D eigenvalue weighted by Gasteiger charge is -2.12. The number of nitrogens with zero attached hydrogens (tertiary/aromatic N) is 1. The zero-order chi connectivity index (χ0) is 12.3. The summed E-state index contributed by atoms with van der Waals surface area (Å²) in [6.07, 6.45) is -1.56. The first-order valence-electron chi connectivity index (χ1n) is 4.42. The van der Waals surface area contributed by atoms with Crippen molar-refractivity contribution >= 4 is 5.97 Å². The van der Waals surface area contributed by atoms with Gasteiger partial charge in [0, 0.05) is 11.8 Å². The molecule has 0 saturated heterocycles. The number of hydrogen-bond donors (Lipinski definition) is 0. The SMILES string of the molecule is COC(=O)c1c(OC)ncc(C)c1C(F)F. The summed E-state index contributed by atoms with van der Waals surface area (Å²) in [5.41, 5.74) is -0.505. The summed E-state index contributed by atoms with van der Waals surface area (Å²) in [5, 5.41) is 0. The fourth-order valence-electron chi connectivity index (χ4n) is 1.34. The van der Waals surface area contributed by atoms with Gasteiger partial charge in [0.2, 0.25) is 5.88 Å². The van der Waals surface area contributed by atoms with Crippen molar-refractivity contribution in [3.05, 3.63) is 22.9 Å². The Morgan fingerprint density at radius 1 is 1.44 bits per heavy atom. The maximum atomic E-state index is 12.8. The van der Waals surface area contributed by atoms with E-state index in [4.69, 9.17) is 4.74 Å². The zero-order valence-electron chi connectivity index (χ0n) is 9.08. The van der Waals surface area contributed by atoms with Crippen LogP contribution in [0.3, 0.4) is 0 Å². The molecule has 16 heavy (non-hydrogen) atoms. The summed E-state index contributed by atoms with van der Waals surface area (Å²) in [5.74, 6) is -1.05. The number of hydrogen-bond acceptors (Lipinski definition) is 4. The number of rotatable bonds is 3. The molecule has 0 saturated carbocycles. The molecule has 0 bridgehead atoms. The van der Waals surface area contributed by atoms with Crippen LogP contribution in [0.15, 0.2) is 6.20 Å². The van der Waals surface area contributed by atoms with E-state index in [1.807, 2.05) is 0 Å². The number of pyridine rings is 1. The highest BCUT2D eigenvalue weighted by Crippen LogP contribution is 2.31. The monoisotopic (exact) mass is 231 g/mol. The number of aryl methyl sites for hydroxylation is 1. The third-order valence-electron chi connectivity index (χ3n) is 2.08. The lowest BCUT2D eigenvalue weighted by molar-refractivity contribution is 0.0583. The van der Waals surface area contributed by atoms with Crippen molar-refractivity contribution in [1.29, 1.82) is 0 Å². The Morgan fingerprint density at radius 3 is 2.50 bits per heavy atom. The second kappa shape index (κ2) is 4.87. The van der Waals surface area contributed by atoms with Crippen LogP contribution in [-0.2, 0) is 4.74 Å². The van der Waals surface area contributed by atoms with Crippen LogP contribution in [-0.4, -0.2) is 25.2 Å². The highest BCUT2D eigenvalue weighted by atomic mass is 19.3. The van der Waals surface area contributed by atoms with Crippen molar-refractivity contribution in [1.82, 2.24) is 4.98 Å². The van der Waals surface area contributed by atoms with Gasteiger partial charge in [-0.05, 0) is 12.5 Å². The summed E-state index contributed by atoms with van der Waals surface area (Å²) in [4.78, 5) is 15.1. The van der Waals surface area contributed by atoms with Crippen molar-refractivity contribution < 1.29 is 23.0 Å². The first-order chi connectivity index (χ1) is 7.52. The summed E-state index contributed by atoms with van der Waals surface area (Å²) < 4.78 is 34.8. The molecule has 0 atom stereocenters. The van der Waals surface area contributed by atoms with E-state index in [1.165, 1.54) is 20.2 Å². The molecule has 1 heterocycles. The van der Waals surface area contributed by atoms with Crippen LogP contribution in [0, 0.1) is 6.92 Å². The molecule has 0 amide bonds. The lowest BCUT2D eigenvalue weighted by Crippen LogP contribution is -2.11. The number of methoxy groups -OCH3 is 2. The molecule has 1 aromatic rings. The number of alkyl halides is 2. The Kier molecular flexibility index (Phi) is 3.76. The molecule has 0 aliphatic heterocycles. The molecule has 4 nitrogen and oxygen atoms in total. The number of aromatic nitrogens is 1. The molecule has 0 unspecified atom stereocenters. The van der Waals surface area contributed by atoms with Gasteiger partial charge in [0.05, 0.1) is 14.2 Å². The van der Waals surface area contributed by atoms with Gasteiger partial charge in [-0.1, -0.05) is 0 Å². The molecule has 88 valence electrons. The van der Waals surface area contributed by atoms with E-state index in [-0.39, 0.29) is 17.0 Å². The quantitative estimate of drug-likeness (QED) is 0.747. The van der Waals surface area contributed by atoms with Crippen LogP contribution in [0.4, 0.5) is 8.78 Å². The summed E-state index contributed by atoms with van der Waals surface area (Å²) in [6, 6.07) is 0. The highest BCUT2D eigenvalue weighted by Gasteiger charge is 2.26. The lowest BCUT2D eigenvalue weighted by atomic mass is 10.1. The first kappa shape index (κ1) is 12.4. The fraction of sp³-hybridized carbons (Fsp3) is 0.400. The van der Waals surface area contributed by atoms with E-state index >= 15 is 0 Å². The molecule has 0 aliphatic rings. The second-order valence-corrected chi connectivity index (χ2v) is 3.03. The van der Waals surface area contributed by atoms with Gasteiger partial charge in [0.15, 0.2) is 0 Å². The molecule has 0 radical (unpaired) electrons. The molecule has 0 aromatic carbocycles. The average Bonchev–Trinajstić information content (AvgIpc) is 2.27. The normalized spacial score (nSPS) is 10.4. The van der Waals surface area contributed by atoms with Gasteiger partial charge in [0.25, 0.3) is 6.43 Å². The molecule has 1 rings (SSSR count). The second-order valence-electron chi connectivity index (χ2n) is 3.03. The van der Waals surface area contributed by atoms with Crippen LogP contribution in [0.5, 0.6) is 5.88 Å². The number of carbonyl (C=O) groups excluding carboxylic acids is 1. The Hall–Kier alpha value is -1.72. The van der Waals surface area contributed by atoms with Crippen LogP contribution in [0.2, 0.25) is 0 Å². The van der Waals surface area contributed by atoms with Gasteiger partial charge in [-0.25, -0.2) is 18.6 Å². The number of ether oxygens (including phenoxy) is 2. The van der Waals surface area contributed by atoms with Gasteiger partial charge in [-0.2, -0.15) is 0 Å². The number of halogens is 2. The van der Waals surface area contributed by atoms with E-state index in [2.05, 4.69) is 9.72 Å². The van der Waals surface area contributed by atoms with Crippen molar-refractivity contribution in [2.45, 2.75) is 13.3 Å². The van der Waals surface area contributed by atoms with Crippen molar-refractivity contribution in [2.75, 3.05) is 14.2 Å². The van der Waals surface area contributed by atoms with Crippen molar-refractivity contribution in [3.63, 3.8) is 0 Å². The topological polar surface area (TPSA) is 48.4 Å². The first-order valence-corrected chi connectivity index (χ1v) is 4.42. The Labute approximate surface area is 91.2 Å². The predicted octanol–water partition coefficient (Wildman–Crippen LogP) is 2.12. The summed E-state index contributed by atoms with van der Waals surface area (Å²) in [6.45, 7) is 1.44. The molecular formula is C10H11F2NO3. The number of esters is 1. The molecule has 1 aromatic heterocycles. The fourth-order valence-corrected chi connectivity index (χ4v) is 1.34. The van der Waals surface area contributed by atoms with Crippen LogP contribution in [0.1, 0.15) is 27.9 Å². The van der Waals surface area contributed by atoms with Gasteiger partial charge in [-0.15, -0.1) is 0 Å². The van der Waals surface area contributed by atoms with E-state index < -0.39 is 18.0 Å². The molecule has 6 heteroatoms. The minimum absolute atomic E-state index is 0.159. The Bertz CT molecular complexity index is 407. The standard InChI is InChI=1S/C10H11F2NO3/c1-5-4-13-9(15-2)7(10(14)16-3)6(5)8(11)12/h4,8H,1-3H3. The average molecular weight is 231 g/mol. The molecule has 0 spiro atoms. The minimum Gasteiger partial charge on any atom is -0.480 e. The van der Waals surface area contributed by atoms with Crippen molar-refractivity contribution in [3.8, 4) is 5.88 Å². The van der Waals surface area contributed by atoms with Crippen molar-refractivity contribution in [2.24, 2.45) is 0 Å². The van der Waals surface area contributed by atoms with Gasteiger partial charge < -0.3 is 9.47 Å². The van der Waals surface area contributed by atoms with Gasteiger partial charge in [0.1, 0.15) is 5.56 Å². The summed E-state index contributed by atoms with van der Waals surface area (Å²) in [7, 11) is 2.36. The maximum absolute atomic E-state index is 12.8. The summed E-state index contributed by atoms with van der Waals surface area (Å²) >= 11 is 0. The molecule has 0 fully saturated rings. The third kappa shape index (κ3) is 2.10. The minimum atomic E-state index is -2.79. The van der Waals surface area contributed by atoms with Crippen LogP contribution < -0.4 is 4.74 Å². The zero-order valence-corrected chi connectivity index (χ0v) is 9.08. The maximum Gasteiger partial charge on any atom is 0.343 e. The molecule has 0 aliphatic carbocycles. The predicted molar refractivity (Wildman–Crippen MR) is 51.8 cm³/mol. The Morgan fingerprint density at radius 2 is 2.06 bits per heavy atom. The Balaban J connectivity index is 3.48. The molecule has 0 N–H and O–H groups in total. The number of carbonyl (C=O) groups is 1. The smallest absolute Gasteiger partial charge is 0.343 e. The van der Waals surface area contributed by atoms with E-state index in [9.17, 15) is 13.6 Å². The molecular weight excluding hydrogens is 220 g/mol. The van der Waals surface area contributed by atoms with Gasteiger partial charge >= 0.3 is 5.97 Å². The van der Waals surface area contributed by atoms with Gasteiger partial charge in [-0.3, -0.25) is 0 Å². The van der Waals surface area contributed by atoms with E-state index in [0.717, 1.165) is 7.11 Å². The van der Waals surface area contributed by atoms with E-state index in [0.29, 0.717) is 0 Å². The third-order valence-corrected chi connectivity index (χ3v) is 2.08. The van der Waals surface area contributed by atoms with Crippen LogP contribution >= 0.6 is 0 Å². The van der Waals surface area contributed by atoms with E-state index in [1.54, 1.807) is 0 Å².